The van der Waals surface area contributed by atoms with Crippen LogP contribution in [0.1, 0.15) is 17.8 Å². The minimum Gasteiger partial charge on any atom is -0.250 e. The molecular formula is C8H13ClN4O2S. The first kappa shape index (κ1) is 13.1. The summed E-state index contributed by atoms with van der Waals surface area (Å²) in [4.78, 5) is 3.97. The molecule has 1 rings (SSSR count). The van der Waals surface area contributed by atoms with Gasteiger partial charge in [-0.3, -0.25) is 0 Å². The second-order valence-electron chi connectivity index (χ2n) is 3.27. The lowest BCUT2D eigenvalue weighted by Gasteiger charge is -2.05. The predicted molar refractivity (Wildman–Crippen MR) is 62.0 cm³/mol. The van der Waals surface area contributed by atoms with Crippen LogP contribution in [0.3, 0.4) is 0 Å². The number of hydrogen-bond donors (Lipinski definition) is 1. The molecule has 0 aromatic carbocycles. The summed E-state index contributed by atoms with van der Waals surface area (Å²) < 4.78 is 25.2. The molecule has 0 fully saturated rings. The number of aryl methyl sites for hydroxylation is 2. The SMILES string of the molecule is Cc1nnc(NS(=O)(=O)CCCCl)nc1C. The zero-order chi connectivity index (χ0) is 12.2. The van der Waals surface area contributed by atoms with Gasteiger partial charge in [-0.05, 0) is 20.3 Å². The fourth-order valence-corrected chi connectivity index (χ4v) is 2.22. The van der Waals surface area contributed by atoms with Crippen LogP contribution in [0.4, 0.5) is 5.95 Å². The maximum Gasteiger partial charge on any atom is 0.256 e. The van der Waals surface area contributed by atoms with Crippen molar-refractivity contribution in [3.8, 4) is 0 Å². The second-order valence-corrected chi connectivity index (χ2v) is 5.49. The lowest BCUT2D eigenvalue weighted by atomic mass is 10.4. The van der Waals surface area contributed by atoms with Gasteiger partial charge in [-0.1, -0.05) is 0 Å². The van der Waals surface area contributed by atoms with E-state index < -0.39 is 10.0 Å². The monoisotopic (exact) mass is 264 g/mol. The van der Waals surface area contributed by atoms with Gasteiger partial charge in [0, 0.05) is 5.88 Å². The van der Waals surface area contributed by atoms with E-state index in [0.29, 0.717) is 23.7 Å². The molecule has 0 spiro atoms. The van der Waals surface area contributed by atoms with Crippen LogP contribution in [0.5, 0.6) is 0 Å². The van der Waals surface area contributed by atoms with E-state index >= 15 is 0 Å². The summed E-state index contributed by atoms with van der Waals surface area (Å²) in [5, 5.41) is 7.43. The third-order valence-corrected chi connectivity index (χ3v) is 3.47. The summed E-state index contributed by atoms with van der Waals surface area (Å²) >= 11 is 5.42. The molecule has 1 aromatic heterocycles. The quantitative estimate of drug-likeness (QED) is 0.798. The first-order valence-corrected chi connectivity index (χ1v) is 6.87. The molecule has 0 bridgehead atoms. The molecule has 0 atom stereocenters. The van der Waals surface area contributed by atoms with E-state index in [0.717, 1.165) is 0 Å². The highest BCUT2D eigenvalue weighted by atomic mass is 35.5. The van der Waals surface area contributed by atoms with Crippen molar-refractivity contribution in [3.63, 3.8) is 0 Å². The molecular weight excluding hydrogens is 252 g/mol. The van der Waals surface area contributed by atoms with Gasteiger partial charge in [-0.15, -0.1) is 16.7 Å². The largest absolute Gasteiger partial charge is 0.256 e. The van der Waals surface area contributed by atoms with Crippen LogP contribution in [-0.2, 0) is 10.0 Å². The number of nitrogens with one attached hydrogen (secondary N) is 1. The van der Waals surface area contributed by atoms with Crippen molar-refractivity contribution < 1.29 is 8.42 Å². The first-order chi connectivity index (χ1) is 7.44. The molecule has 6 nitrogen and oxygen atoms in total. The highest BCUT2D eigenvalue weighted by Crippen LogP contribution is 2.05. The number of anilines is 1. The number of rotatable bonds is 5. The average Bonchev–Trinajstić information content (AvgIpc) is 2.20. The van der Waals surface area contributed by atoms with Crippen LogP contribution >= 0.6 is 11.6 Å². The van der Waals surface area contributed by atoms with E-state index in [1.807, 2.05) is 0 Å². The molecule has 1 N–H and O–H groups in total. The molecule has 1 heterocycles. The Morgan fingerprint density at radius 1 is 1.25 bits per heavy atom. The minimum atomic E-state index is -3.43. The summed E-state index contributed by atoms with van der Waals surface area (Å²) in [5.74, 6) is 0.248. The van der Waals surface area contributed by atoms with Crippen molar-refractivity contribution in [3.05, 3.63) is 11.4 Å². The smallest absolute Gasteiger partial charge is 0.250 e. The lowest BCUT2D eigenvalue weighted by Crippen LogP contribution is -2.19. The van der Waals surface area contributed by atoms with E-state index in [2.05, 4.69) is 19.9 Å². The molecule has 0 unspecified atom stereocenters. The Labute approximate surface area is 99.5 Å². The zero-order valence-electron chi connectivity index (χ0n) is 9.07. The molecule has 90 valence electrons. The summed E-state index contributed by atoms with van der Waals surface area (Å²) in [6, 6.07) is 0. The molecule has 0 saturated heterocycles. The highest BCUT2D eigenvalue weighted by Gasteiger charge is 2.12. The summed E-state index contributed by atoms with van der Waals surface area (Å²) in [7, 11) is -3.43. The van der Waals surface area contributed by atoms with Crippen molar-refractivity contribution in [1.82, 2.24) is 15.2 Å². The number of nitrogens with zero attached hydrogens (tertiary/aromatic N) is 3. The molecule has 8 heteroatoms. The van der Waals surface area contributed by atoms with E-state index in [-0.39, 0.29) is 11.7 Å². The third kappa shape index (κ3) is 3.90. The third-order valence-electron chi connectivity index (χ3n) is 1.89. The van der Waals surface area contributed by atoms with Gasteiger partial charge in [-0.25, -0.2) is 18.1 Å². The Kier molecular flexibility index (Phi) is 4.43. The molecule has 0 aliphatic carbocycles. The second kappa shape index (κ2) is 5.40. The zero-order valence-corrected chi connectivity index (χ0v) is 10.6. The standard InChI is InChI=1S/C8H13ClN4O2S/c1-6-7(2)11-12-8(10-6)13-16(14,15)5-3-4-9/h3-5H2,1-2H3,(H,10,12,13). The van der Waals surface area contributed by atoms with Gasteiger partial charge in [0.15, 0.2) is 0 Å². The Hall–Kier alpha value is -0.950. The molecule has 1 aromatic rings. The number of halogens is 1. The van der Waals surface area contributed by atoms with Crippen molar-refractivity contribution in [2.24, 2.45) is 0 Å². The van der Waals surface area contributed by atoms with Gasteiger partial charge in [0.25, 0.3) is 5.95 Å². The van der Waals surface area contributed by atoms with Gasteiger partial charge in [-0.2, -0.15) is 5.10 Å². The van der Waals surface area contributed by atoms with Crippen LogP contribution in [0.25, 0.3) is 0 Å². The van der Waals surface area contributed by atoms with Gasteiger partial charge < -0.3 is 0 Å². The van der Waals surface area contributed by atoms with E-state index in [4.69, 9.17) is 11.6 Å². The molecule has 16 heavy (non-hydrogen) atoms. The number of alkyl halides is 1. The number of aromatic nitrogens is 3. The van der Waals surface area contributed by atoms with Gasteiger partial charge in [0.2, 0.25) is 10.0 Å². The predicted octanol–water partition coefficient (Wildman–Crippen LogP) is 0.859. The maximum atomic E-state index is 11.5. The van der Waals surface area contributed by atoms with Crippen molar-refractivity contribution >= 4 is 27.6 Å². The van der Waals surface area contributed by atoms with Crippen molar-refractivity contribution in [2.75, 3.05) is 16.4 Å². The van der Waals surface area contributed by atoms with Crippen LogP contribution in [-0.4, -0.2) is 35.2 Å². The summed E-state index contributed by atoms with van der Waals surface area (Å²) in [6.07, 6.45) is 0.384. The maximum absolute atomic E-state index is 11.5. The van der Waals surface area contributed by atoms with Crippen LogP contribution in [0, 0.1) is 13.8 Å². The number of hydrogen-bond acceptors (Lipinski definition) is 5. The molecule has 0 radical (unpaired) electrons. The lowest BCUT2D eigenvalue weighted by molar-refractivity contribution is 0.599. The van der Waals surface area contributed by atoms with Crippen LogP contribution in [0.15, 0.2) is 0 Å². The summed E-state index contributed by atoms with van der Waals surface area (Å²) in [6.45, 7) is 3.49. The van der Waals surface area contributed by atoms with Gasteiger partial charge in [0.05, 0.1) is 17.1 Å². The molecule has 0 aliphatic rings. The topological polar surface area (TPSA) is 84.8 Å². The fraction of sp³-hybridized carbons (Fsp3) is 0.625. The van der Waals surface area contributed by atoms with Crippen LogP contribution < -0.4 is 4.72 Å². The molecule has 0 saturated carbocycles. The molecule has 0 aliphatic heterocycles. The van der Waals surface area contributed by atoms with E-state index in [1.54, 1.807) is 13.8 Å². The Morgan fingerprint density at radius 3 is 2.50 bits per heavy atom. The first-order valence-electron chi connectivity index (χ1n) is 4.69. The van der Waals surface area contributed by atoms with Crippen molar-refractivity contribution in [2.45, 2.75) is 20.3 Å². The molecule has 0 amide bonds. The Morgan fingerprint density at radius 2 is 1.94 bits per heavy atom. The summed E-state index contributed by atoms with van der Waals surface area (Å²) in [5.41, 5.74) is 1.31. The Balaban J connectivity index is 2.76. The fourth-order valence-electron chi connectivity index (χ4n) is 0.935. The average molecular weight is 265 g/mol. The highest BCUT2D eigenvalue weighted by molar-refractivity contribution is 7.92. The Bertz CT molecular complexity index is 463. The van der Waals surface area contributed by atoms with E-state index in [9.17, 15) is 8.42 Å². The van der Waals surface area contributed by atoms with E-state index in [1.165, 1.54) is 0 Å². The van der Waals surface area contributed by atoms with Gasteiger partial charge >= 0.3 is 0 Å². The number of sulfonamides is 1. The van der Waals surface area contributed by atoms with Crippen molar-refractivity contribution in [1.29, 1.82) is 0 Å². The normalized spacial score (nSPS) is 11.4. The minimum absolute atomic E-state index is 0.00216. The van der Waals surface area contributed by atoms with Gasteiger partial charge in [0.1, 0.15) is 0 Å². The van der Waals surface area contributed by atoms with Crippen LogP contribution in [0.2, 0.25) is 0 Å².